The van der Waals surface area contributed by atoms with Gasteiger partial charge in [-0.25, -0.2) is 0 Å². The molecule has 0 spiro atoms. The van der Waals surface area contributed by atoms with Gasteiger partial charge >= 0.3 is 0 Å². The van der Waals surface area contributed by atoms with E-state index in [1.54, 1.807) is 16.2 Å². The molecule has 1 aromatic heterocycles. The summed E-state index contributed by atoms with van der Waals surface area (Å²) in [6.07, 6.45) is 6.73. The summed E-state index contributed by atoms with van der Waals surface area (Å²) in [6, 6.07) is 10.3. The van der Waals surface area contributed by atoms with Gasteiger partial charge in [0.05, 0.1) is 26.2 Å². The van der Waals surface area contributed by atoms with Crippen LogP contribution in [0.25, 0.3) is 0 Å². The SMILES string of the molecule is Cc1ccc(NC(=S)N(CCC[NH+]2CCCCCC2)Cc2cccs2)cc1Cl. The van der Waals surface area contributed by atoms with Crippen LogP contribution < -0.4 is 10.2 Å². The van der Waals surface area contributed by atoms with Crippen molar-refractivity contribution in [2.45, 2.75) is 45.6 Å². The molecule has 0 bridgehead atoms. The number of hydrogen-bond donors (Lipinski definition) is 2. The zero-order valence-electron chi connectivity index (χ0n) is 16.7. The van der Waals surface area contributed by atoms with Crippen LogP contribution in [0.5, 0.6) is 0 Å². The second-order valence-electron chi connectivity index (χ2n) is 7.66. The van der Waals surface area contributed by atoms with E-state index in [-0.39, 0.29) is 0 Å². The summed E-state index contributed by atoms with van der Waals surface area (Å²) >= 11 is 13.8. The number of thiophene rings is 1. The first kappa shape index (κ1) is 21.6. The van der Waals surface area contributed by atoms with E-state index in [9.17, 15) is 0 Å². The highest BCUT2D eigenvalue weighted by atomic mass is 35.5. The number of benzene rings is 1. The Balaban J connectivity index is 1.58. The van der Waals surface area contributed by atoms with Gasteiger partial charge in [-0.05, 0) is 74.0 Å². The summed E-state index contributed by atoms with van der Waals surface area (Å²) < 4.78 is 0. The van der Waals surface area contributed by atoms with Crippen LogP contribution in [-0.4, -0.2) is 36.2 Å². The van der Waals surface area contributed by atoms with Gasteiger partial charge in [0.1, 0.15) is 0 Å². The summed E-state index contributed by atoms with van der Waals surface area (Å²) in [6.45, 7) is 7.74. The predicted octanol–water partition coefficient (Wildman–Crippen LogP) is 4.76. The van der Waals surface area contributed by atoms with E-state index < -0.39 is 0 Å². The lowest BCUT2D eigenvalue weighted by molar-refractivity contribution is -0.899. The summed E-state index contributed by atoms with van der Waals surface area (Å²) in [5, 5.41) is 7.06. The molecule has 0 saturated carbocycles. The van der Waals surface area contributed by atoms with E-state index in [4.69, 9.17) is 23.8 Å². The minimum Gasteiger partial charge on any atom is -0.344 e. The molecule has 2 N–H and O–H groups in total. The number of thiocarbonyl (C=S) groups is 1. The standard InChI is InChI=1S/C22H30ClN3S2/c1-18-9-10-19(16-21(18)23)24-22(27)26(17-20-8-6-15-28-20)14-7-13-25-11-4-2-3-5-12-25/h6,8-10,15-16H,2-5,7,11-14,17H2,1H3,(H,24,27)/p+1. The maximum absolute atomic E-state index is 6.28. The summed E-state index contributed by atoms with van der Waals surface area (Å²) in [7, 11) is 0. The molecule has 0 amide bonds. The summed E-state index contributed by atoms with van der Waals surface area (Å²) in [4.78, 5) is 5.40. The molecule has 0 atom stereocenters. The fourth-order valence-corrected chi connectivity index (χ4v) is 4.89. The van der Waals surface area contributed by atoms with E-state index in [2.05, 4.69) is 27.7 Å². The predicted molar refractivity (Wildman–Crippen MR) is 126 cm³/mol. The second kappa shape index (κ2) is 11.1. The second-order valence-corrected chi connectivity index (χ2v) is 9.49. The lowest BCUT2D eigenvalue weighted by atomic mass is 10.2. The van der Waals surface area contributed by atoms with Crippen LogP contribution in [-0.2, 0) is 6.54 Å². The molecule has 2 aromatic rings. The lowest BCUT2D eigenvalue weighted by Crippen LogP contribution is -3.11. The van der Waals surface area contributed by atoms with Crippen LogP contribution in [0.1, 0.15) is 42.5 Å². The third kappa shape index (κ3) is 6.73. The Morgan fingerprint density at radius 3 is 2.68 bits per heavy atom. The van der Waals surface area contributed by atoms with Crippen LogP contribution in [0.15, 0.2) is 35.7 Å². The highest BCUT2D eigenvalue weighted by molar-refractivity contribution is 7.80. The summed E-state index contributed by atoms with van der Waals surface area (Å²) in [5.74, 6) is 0. The molecule has 28 heavy (non-hydrogen) atoms. The Morgan fingerprint density at radius 2 is 2.00 bits per heavy atom. The van der Waals surface area contributed by atoms with Gasteiger partial charge in [-0.15, -0.1) is 11.3 Å². The van der Waals surface area contributed by atoms with Crippen molar-refractivity contribution in [1.82, 2.24) is 4.90 Å². The maximum Gasteiger partial charge on any atom is 0.173 e. The molecule has 0 aliphatic carbocycles. The van der Waals surface area contributed by atoms with Crippen LogP contribution in [0.3, 0.4) is 0 Å². The normalized spacial score (nSPS) is 15.2. The topological polar surface area (TPSA) is 19.7 Å². The van der Waals surface area contributed by atoms with Gasteiger partial charge in [0.2, 0.25) is 0 Å². The van der Waals surface area contributed by atoms with E-state index in [0.29, 0.717) is 0 Å². The van der Waals surface area contributed by atoms with Crippen molar-refractivity contribution in [3.05, 3.63) is 51.2 Å². The number of halogens is 1. The van der Waals surface area contributed by atoms with Gasteiger partial charge in [0.25, 0.3) is 0 Å². The number of anilines is 1. The molecule has 6 heteroatoms. The van der Waals surface area contributed by atoms with E-state index in [0.717, 1.165) is 40.9 Å². The molecule has 1 aliphatic rings. The van der Waals surface area contributed by atoms with Crippen molar-refractivity contribution >= 4 is 46.0 Å². The van der Waals surface area contributed by atoms with Crippen molar-refractivity contribution in [3.8, 4) is 0 Å². The third-order valence-electron chi connectivity index (χ3n) is 5.41. The van der Waals surface area contributed by atoms with Crippen LogP contribution >= 0.6 is 35.2 Å². The van der Waals surface area contributed by atoms with Crippen molar-refractivity contribution < 1.29 is 4.90 Å². The third-order valence-corrected chi connectivity index (χ3v) is 7.03. The van der Waals surface area contributed by atoms with Gasteiger partial charge in [-0.1, -0.05) is 23.7 Å². The lowest BCUT2D eigenvalue weighted by Gasteiger charge is -2.26. The maximum atomic E-state index is 6.28. The van der Waals surface area contributed by atoms with Gasteiger partial charge in [0.15, 0.2) is 5.11 Å². The minimum atomic E-state index is 0.766. The Labute approximate surface area is 183 Å². The zero-order valence-corrected chi connectivity index (χ0v) is 19.1. The molecular weight excluding hydrogens is 406 g/mol. The van der Waals surface area contributed by atoms with Crippen molar-refractivity contribution in [2.24, 2.45) is 0 Å². The first-order valence-electron chi connectivity index (χ1n) is 10.3. The van der Waals surface area contributed by atoms with Crippen LogP contribution in [0, 0.1) is 6.92 Å². The number of rotatable bonds is 7. The largest absolute Gasteiger partial charge is 0.344 e. The number of nitrogens with one attached hydrogen (secondary N) is 2. The fraction of sp³-hybridized carbons (Fsp3) is 0.500. The molecule has 0 unspecified atom stereocenters. The number of nitrogens with zero attached hydrogens (tertiary/aromatic N) is 1. The first-order valence-corrected chi connectivity index (χ1v) is 12.0. The van der Waals surface area contributed by atoms with Gasteiger partial charge in [-0.2, -0.15) is 0 Å². The minimum absolute atomic E-state index is 0.766. The first-order chi connectivity index (χ1) is 13.6. The van der Waals surface area contributed by atoms with Crippen molar-refractivity contribution in [2.75, 3.05) is 31.5 Å². The molecule has 1 saturated heterocycles. The smallest absolute Gasteiger partial charge is 0.173 e. The Bertz CT molecular complexity index is 740. The van der Waals surface area contributed by atoms with E-state index >= 15 is 0 Å². The monoisotopic (exact) mass is 436 g/mol. The zero-order chi connectivity index (χ0) is 19.8. The number of hydrogen-bond acceptors (Lipinski definition) is 2. The highest BCUT2D eigenvalue weighted by Crippen LogP contribution is 2.21. The molecular formula is C22H31ClN3S2+. The number of quaternary nitrogens is 1. The van der Waals surface area contributed by atoms with Crippen LogP contribution in [0.2, 0.25) is 5.02 Å². The highest BCUT2D eigenvalue weighted by Gasteiger charge is 2.15. The molecule has 1 fully saturated rings. The molecule has 0 radical (unpaired) electrons. The van der Waals surface area contributed by atoms with E-state index in [1.807, 2.05) is 25.1 Å². The average molecular weight is 437 g/mol. The van der Waals surface area contributed by atoms with Crippen molar-refractivity contribution in [3.63, 3.8) is 0 Å². The molecule has 3 nitrogen and oxygen atoms in total. The van der Waals surface area contributed by atoms with Crippen LogP contribution in [0.4, 0.5) is 5.69 Å². The average Bonchev–Trinajstić information content (AvgIpc) is 3.05. The fourth-order valence-electron chi connectivity index (χ4n) is 3.71. The summed E-state index contributed by atoms with van der Waals surface area (Å²) in [5.41, 5.74) is 2.03. The number of aryl methyl sites for hydroxylation is 1. The van der Waals surface area contributed by atoms with Crippen molar-refractivity contribution in [1.29, 1.82) is 0 Å². The molecule has 152 valence electrons. The van der Waals surface area contributed by atoms with Gasteiger partial charge in [-0.3, -0.25) is 0 Å². The molecule has 1 aromatic carbocycles. The van der Waals surface area contributed by atoms with Gasteiger partial charge < -0.3 is 15.1 Å². The molecule has 2 heterocycles. The Kier molecular flexibility index (Phi) is 8.59. The molecule has 1 aliphatic heterocycles. The van der Waals surface area contributed by atoms with E-state index in [1.165, 1.54) is 50.2 Å². The Hall–Kier alpha value is -1.14. The molecule has 3 rings (SSSR count). The van der Waals surface area contributed by atoms with Gasteiger partial charge in [0, 0.05) is 28.6 Å². The Morgan fingerprint density at radius 1 is 1.21 bits per heavy atom. The quantitative estimate of drug-likeness (QED) is 0.610. The number of likely N-dealkylation sites (tertiary alicyclic amines) is 1.